The molecule has 0 fully saturated rings. The highest BCUT2D eigenvalue weighted by atomic mass is 19.1. The first-order valence-electron chi connectivity index (χ1n) is 6.00. The van der Waals surface area contributed by atoms with Crippen LogP contribution in [0, 0.1) is 19.7 Å². The van der Waals surface area contributed by atoms with Gasteiger partial charge in [0.2, 0.25) is 0 Å². The molecule has 0 saturated carbocycles. The second-order valence-electron chi connectivity index (χ2n) is 4.36. The number of benzene rings is 1. The maximum Gasteiger partial charge on any atom is 0.268 e. The Bertz CT molecular complexity index is 637. The molecule has 2 rings (SSSR count). The van der Waals surface area contributed by atoms with Gasteiger partial charge in [-0.3, -0.25) is 10.2 Å². The van der Waals surface area contributed by atoms with Crippen molar-refractivity contribution >= 4 is 5.91 Å². The van der Waals surface area contributed by atoms with E-state index in [0.29, 0.717) is 28.4 Å². The zero-order valence-electron chi connectivity index (χ0n) is 11.2. The van der Waals surface area contributed by atoms with Crippen molar-refractivity contribution in [1.82, 2.24) is 5.43 Å². The number of ether oxygens (including phenoxy) is 1. The van der Waals surface area contributed by atoms with Gasteiger partial charge in [-0.05, 0) is 31.5 Å². The van der Waals surface area contributed by atoms with Crippen LogP contribution in [0.4, 0.5) is 4.39 Å². The van der Waals surface area contributed by atoms with Crippen LogP contribution in [-0.4, -0.2) is 5.91 Å². The van der Waals surface area contributed by atoms with Crippen molar-refractivity contribution in [2.45, 2.75) is 20.5 Å². The van der Waals surface area contributed by atoms with Crippen LogP contribution in [0.1, 0.15) is 27.4 Å². The summed E-state index contributed by atoms with van der Waals surface area (Å²) in [6, 6.07) is 6.15. The van der Waals surface area contributed by atoms with Gasteiger partial charge >= 0.3 is 0 Å². The van der Waals surface area contributed by atoms with Gasteiger partial charge < -0.3 is 9.15 Å². The van der Waals surface area contributed by atoms with Crippen LogP contribution in [0.25, 0.3) is 0 Å². The summed E-state index contributed by atoms with van der Waals surface area (Å²) in [5.41, 5.74) is 2.93. The molecule has 0 radical (unpaired) electrons. The van der Waals surface area contributed by atoms with E-state index in [9.17, 15) is 9.18 Å². The monoisotopic (exact) mass is 278 g/mol. The van der Waals surface area contributed by atoms with Crippen LogP contribution in [0.5, 0.6) is 5.75 Å². The van der Waals surface area contributed by atoms with E-state index < -0.39 is 5.91 Å². The SMILES string of the molecule is Cc1ccc(OCc2cc(C(=O)NN)c(C)o2)cc1F. The van der Waals surface area contributed by atoms with Gasteiger partial charge in [0.15, 0.2) is 0 Å². The van der Waals surface area contributed by atoms with E-state index in [1.54, 1.807) is 32.0 Å². The Labute approximate surface area is 115 Å². The molecule has 0 bridgehead atoms. The lowest BCUT2D eigenvalue weighted by Crippen LogP contribution is -2.30. The number of furan rings is 1. The van der Waals surface area contributed by atoms with Crippen LogP contribution in [0.15, 0.2) is 28.7 Å². The Kier molecular flexibility index (Phi) is 4.05. The van der Waals surface area contributed by atoms with Crippen LogP contribution in [-0.2, 0) is 6.61 Å². The summed E-state index contributed by atoms with van der Waals surface area (Å²) < 4.78 is 24.1. The maximum atomic E-state index is 13.4. The molecule has 1 heterocycles. The zero-order chi connectivity index (χ0) is 14.7. The van der Waals surface area contributed by atoms with E-state index in [1.165, 1.54) is 6.07 Å². The molecule has 6 heteroatoms. The predicted molar refractivity (Wildman–Crippen MR) is 70.6 cm³/mol. The van der Waals surface area contributed by atoms with Crippen LogP contribution in [0.3, 0.4) is 0 Å². The van der Waals surface area contributed by atoms with Gasteiger partial charge in [0, 0.05) is 6.07 Å². The van der Waals surface area contributed by atoms with E-state index in [2.05, 4.69) is 0 Å². The van der Waals surface area contributed by atoms with E-state index in [1.807, 2.05) is 5.43 Å². The largest absolute Gasteiger partial charge is 0.486 e. The molecular weight excluding hydrogens is 263 g/mol. The second kappa shape index (κ2) is 5.75. The first-order valence-corrected chi connectivity index (χ1v) is 6.00. The topological polar surface area (TPSA) is 77.5 Å². The van der Waals surface area contributed by atoms with Crippen molar-refractivity contribution in [1.29, 1.82) is 0 Å². The molecule has 2 aromatic rings. The van der Waals surface area contributed by atoms with Gasteiger partial charge in [0.05, 0.1) is 5.56 Å². The van der Waals surface area contributed by atoms with Gasteiger partial charge in [-0.2, -0.15) is 0 Å². The summed E-state index contributed by atoms with van der Waals surface area (Å²) in [6.45, 7) is 3.42. The van der Waals surface area contributed by atoms with Gasteiger partial charge in [-0.25, -0.2) is 10.2 Å². The lowest BCUT2D eigenvalue weighted by atomic mass is 10.2. The molecule has 0 saturated heterocycles. The molecular formula is C14H15FN2O3. The van der Waals surface area contributed by atoms with E-state index in [0.717, 1.165) is 0 Å². The number of carbonyl (C=O) groups is 1. The molecule has 1 aromatic carbocycles. The summed E-state index contributed by atoms with van der Waals surface area (Å²) in [6.07, 6.45) is 0. The molecule has 0 aliphatic carbocycles. The number of hydrazine groups is 1. The molecule has 1 aromatic heterocycles. The van der Waals surface area contributed by atoms with Crippen LogP contribution in [0.2, 0.25) is 0 Å². The Hall–Kier alpha value is -2.34. The molecule has 0 atom stereocenters. The summed E-state index contributed by atoms with van der Waals surface area (Å²) in [5, 5.41) is 0. The van der Waals surface area contributed by atoms with Crippen molar-refractivity contribution in [3.8, 4) is 5.75 Å². The van der Waals surface area contributed by atoms with E-state index >= 15 is 0 Å². The first-order chi connectivity index (χ1) is 9.51. The first kappa shape index (κ1) is 14.1. The van der Waals surface area contributed by atoms with Crippen LogP contribution < -0.4 is 16.0 Å². The van der Waals surface area contributed by atoms with E-state index in [-0.39, 0.29) is 12.4 Å². The van der Waals surface area contributed by atoms with Gasteiger partial charge in [0.25, 0.3) is 5.91 Å². The highest BCUT2D eigenvalue weighted by molar-refractivity contribution is 5.94. The van der Waals surface area contributed by atoms with Gasteiger partial charge in [-0.1, -0.05) is 6.07 Å². The Morgan fingerprint density at radius 2 is 2.15 bits per heavy atom. The quantitative estimate of drug-likeness (QED) is 0.510. The number of rotatable bonds is 4. The van der Waals surface area contributed by atoms with Gasteiger partial charge in [-0.15, -0.1) is 0 Å². The van der Waals surface area contributed by atoms with Crippen LogP contribution >= 0.6 is 0 Å². The van der Waals surface area contributed by atoms with Crippen molar-refractivity contribution in [3.05, 3.63) is 52.7 Å². The zero-order valence-corrected chi connectivity index (χ0v) is 11.2. The highest BCUT2D eigenvalue weighted by Gasteiger charge is 2.14. The lowest BCUT2D eigenvalue weighted by molar-refractivity contribution is 0.0952. The van der Waals surface area contributed by atoms with E-state index in [4.69, 9.17) is 15.0 Å². The Balaban J connectivity index is 2.07. The standard InChI is InChI=1S/C14H15FN2O3/c1-8-3-4-10(6-13(8)15)19-7-11-5-12(9(2)20-11)14(18)17-16/h3-6H,7,16H2,1-2H3,(H,17,18). The Morgan fingerprint density at radius 3 is 2.80 bits per heavy atom. The molecule has 1 amide bonds. The molecule has 5 nitrogen and oxygen atoms in total. The second-order valence-corrected chi connectivity index (χ2v) is 4.36. The predicted octanol–water partition coefficient (Wildman–Crippen LogP) is 2.22. The van der Waals surface area contributed by atoms with Crippen molar-refractivity contribution in [3.63, 3.8) is 0 Å². The fraction of sp³-hybridized carbons (Fsp3) is 0.214. The minimum atomic E-state index is -0.432. The number of aryl methyl sites for hydroxylation is 2. The number of nitrogens with one attached hydrogen (secondary N) is 1. The van der Waals surface area contributed by atoms with Crippen molar-refractivity contribution < 1.29 is 18.3 Å². The molecule has 0 aliphatic rings. The third kappa shape index (κ3) is 2.97. The number of halogens is 1. The molecule has 3 N–H and O–H groups in total. The van der Waals surface area contributed by atoms with Crippen molar-refractivity contribution in [2.24, 2.45) is 5.84 Å². The number of nitrogens with two attached hydrogens (primary N) is 1. The fourth-order valence-corrected chi connectivity index (χ4v) is 1.74. The average molecular weight is 278 g/mol. The third-order valence-corrected chi connectivity index (χ3v) is 2.87. The summed E-state index contributed by atoms with van der Waals surface area (Å²) >= 11 is 0. The minimum Gasteiger partial charge on any atom is -0.486 e. The number of hydrogen-bond acceptors (Lipinski definition) is 4. The number of amides is 1. The number of carbonyl (C=O) groups excluding carboxylic acids is 1. The summed E-state index contributed by atoms with van der Waals surface area (Å²) in [4.78, 5) is 11.4. The van der Waals surface area contributed by atoms with Crippen molar-refractivity contribution in [2.75, 3.05) is 0 Å². The minimum absolute atomic E-state index is 0.0984. The number of hydrogen-bond donors (Lipinski definition) is 2. The average Bonchev–Trinajstić information content (AvgIpc) is 2.80. The maximum absolute atomic E-state index is 13.4. The molecule has 20 heavy (non-hydrogen) atoms. The molecule has 0 unspecified atom stereocenters. The summed E-state index contributed by atoms with van der Waals surface area (Å²) in [5.74, 6) is 5.60. The third-order valence-electron chi connectivity index (χ3n) is 2.87. The molecule has 0 aliphatic heterocycles. The van der Waals surface area contributed by atoms with Gasteiger partial charge in [0.1, 0.15) is 29.7 Å². The fourth-order valence-electron chi connectivity index (χ4n) is 1.74. The molecule has 106 valence electrons. The normalized spacial score (nSPS) is 10.4. The highest BCUT2D eigenvalue weighted by Crippen LogP contribution is 2.19. The summed E-state index contributed by atoms with van der Waals surface area (Å²) in [7, 11) is 0. The number of nitrogen functional groups attached to an aromatic ring is 1. The lowest BCUT2D eigenvalue weighted by Gasteiger charge is -2.05. The molecule has 0 spiro atoms. The smallest absolute Gasteiger partial charge is 0.268 e. The Morgan fingerprint density at radius 1 is 1.40 bits per heavy atom.